The molecule has 1 aromatic carbocycles. The third-order valence-corrected chi connectivity index (χ3v) is 1.95. The van der Waals surface area contributed by atoms with Crippen molar-refractivity contribution in [2.45, 2.75) is 6.92 Å². The number of hydrazine groups is 1. The van der Waals surface area contributed by atoms with Crippen molar-refractivity contribution in [3.05, 3.63) is 28.8 Å². The van der Waals surface area contributed by atoms with E-state index in [4.69, 9.17) is 17.3 Å². The minimum Gasteiger partial charge on any atom is -0.398 e. The molecule has 0 aliphatic carbocycles. The second-order valence-electron chi connectivity index (χ2n) is 2.87. The average molecular weight is 228 g/mol. The lowest BCUT2D eigenvalue weighted by atomic mass is 10.2. The molecule has 15 heavy (non-hydrogen) atoms. The molecule has 0 fully saturated rings. The summed E-state index contributed by atoms with van der Waals surface area (Å²) >= 11 is 5.69. The predicted molar refractivity (Wildman–Crippen MR) is 57.1 cm³/mol. The van der Waals surface area contributed by atoms with Gasteiger partial charge in [-0.25, -0.2) is 0 Å². The summed E-state index contributed by atoms with van der Waals surface area (Å²) < 4.78 is 0. The number of carbonyl (C=O) groups excluding carboxylic acids is 2. The highest BCUT2D eigenvalue weighted by Gasteiger charge is 2.07. The van der Waals surface area contributed by atoms with E-state index in [9.17, 15) is 9.59 Å². The number of rotatable bonds is 1. The van der Waals surface area contributed by atoms with E-state index in [-0.39, 0.29) is 5.91 Å². The first-order chi connectivity index (χ1) is 7.00. The number of nitrogen functional groups attached to an aromatic ring is 1. The van der Waals surface area contributed by atoms with Crippen LogP contribution in [0.5, 0.6) is 0 Å². The van der Waals surface area contributed by atoms with Crippen molar-refractivity contribution in [3.8, 4) is 0 Å². The number of amides is 2. The van der Waals surface area contributed by atoms with Gasteiger partial charge < -0.3 is 5.73 Å². The molecule has 5 nitrogen and oxygen atoms in total. The molecule has 0 aromatic heterocycles. The Labute approximate surface area is 91.6 Å². The van der Waals surface area contributed by atoms with Gasteiger partial charge in [-0.1, -0.05) is 11.6 Å². The standard InChI is InChI=1S/C9H10ClN3O2/c1-5(14)12-13-9(15)6-2-3-7(10)8(11)4-6/h2-4H,11H2,1H3,(H,12,14)(H,13,15). The Kier molecular flexibility index (Phi) is 3.51. The summed E-state index contributed by atoms with van der Waals surface area (Å²) in [6, 6.07) is 4.45. The summed E-state index contributed by atoms with van der Waals surface area (Å²) in [4.78, 5) is 21.9. The van der Waals surface area contributed by atoms with Gasteiger partial charge in [-0.05, 0) is 18.2 Å². The van der Waals surface area contributed by atoms with Crippen LogP contribution in [0.2, 0.25) is 5.02 Å². The van der Waals surface area contributed by atoms with Gasteiger partial charge in [-0.2, -0.15) is 0 Å². The molecule has 0 heterocycles. The number of hydrogen-bond acceptors (Lipinski definition) is 3. The van der Waals surface area contributed by atoms with E-state index in [1.165, 1.54) is 25.1 Å². The third kappa shape index (κ3) is 3.14. The topological polar surface area (TPSA) is 84.2 Å². The normalized spacial score (nSPS) is 9.47. The smallest absolute Gasteiger partial charge is 0.269 e. The van der Waals surface area contributed by atoms with Crippen LogP contribution in [-0.2, 0) is 4.79 Å². The molecule has 0 saturated heterocycles. The first-order valence-electron chi connectivity index (χ1n) is 4.12. The fraction of sp³-hybridized carbons (Fsp3) is 0.111. The van der Waals surface area contributed by atoms with Crippen molar-refractivity contribution < 1.29 is 9.59 Å². The highest BCUT2D eigenvalue weighted by molar-refractivity contribution is 6.33. The van der Waals surface area contributed by atoms with E-state index in [1.807, 2.05) is 0 Å². The Morgan fingerprint density at radius 3 is 2.53 bits per heavy atom. The molecule has 6 heteroatoms. The Morgan fingerprint density at radius 1 is 1.33 bits per heavy atom. The molecule has 0 spiro atoms. The molecule has 1 rings (SSSR count). The molecular weight excluding hydrogens is 218 g/mol. The average Bonchev–Trinajstić information content (AvgIpc) is 2.18. The van der Waals surface area contributed by atoms with Crippen LogP contribution in [0.25, 0.3) is 0 Å². The summed E-state index contributed by atoms with van der Waals surface area (Å²) in [6.45, 7) is 1.29. The monoisotopic (exact) mass is 227 g/mol. The number of carbonyl (C=O) groups is 2. The first kappa shape index (κ1) is 11.3. The van der Waals surface area contributed by atoms with E-state index in [0.717, 1.165) is 0 Å². The van der Waals surface area contributed by atoms with Crippen molar-refractivity contribution >= 4 is 29.1 Å². The Morgan fingerprint density at radius 2 is 2.00 bits per heavy atom. The molecule has 2 amide bonds. The van der Waals surface area contributed by atoms with Crippen molar-refractivity contribution in [3.63, 3.8) is 0 Å². The second-order valence-corrected chi connectivity index (χ2v) is 3.28. The van der Waals surface area contributed by atoms with Gasteiger partial charge in [0.15, 0.2) is 0 Å². The Bertz CT molecular complexity index is 406. The summed E-state index contributed by atoms with van der Waals surface area (Å²) in [7, 11) is 0. The van der Waals surface area contributed by atoms with Crippen LogP contribution in [0.3, 0.4) is 0 Å². The van der Waals surface area contributed by atoms with Crippen LogP contribution in [-0.4, -0.2) is 11.8 Å². The maximum absolute atomic E-state index is 11.4. The molecule has 0 aliphatic rings. The van der Waals surface area contributed by atoms with E-state index in [1.54, 1.807) is 0 Å². The first-order valence-corrected chi connectivity index (χ1v) is 4.50. The van der Waals surface area contributed by atoms with Crippen LogP contribution < -0.4 is 16.6 Å². The lowest BCUT2D eigenvalue weighted by Crippen LogP contribution is -2.40. The van der Waals surface area contributed by atoms with Crippen LogP contribution in [0, 0.1) is 0 Å². The van der Waals surface area contributed by atoms with E-state index < -0.39 is 5.91 Å². The zero-order chi connectivity index (χ0) is 11.4. The molecule has 1 aromatic rings. The highest BCUT2D eigenvalue weighted by atomic mass is 35.5. The highest BCUT2D eigenvalue weighted by Crippen LogP contribution is 2.19. The van der Waals surface area contributed by atoms with Gasteiger partial charge in [-0.3, -0.25) is 20.4 Å². The van der Waals surface area contributed by atoms with Crippen molar-refractivity contribution in [1.82, 2.24) is 10.9 Å². The molecule has 0 aliphatic heterocycles. The maximum atomic E-state index is 11.4. The molecule has 0 bridgehead atoms. The van der Waals surface area contributed by atoms with E-state index >= 15 is 0 Å². The van der Waals surface area contributed by atoms with Crippen molar-refractivity contribution in [1.29, 1.82) is 0 Å². The number of benzene rings is 1. The number of anilines is 1. The molecule has 0 atom stereocenters. The van der Waals surface area contributed by atoms with Gasteiger partial charge in [0.1, 0.15) is 0 Å². The number of hydrogen-bond donors (Lipinski definition) is 3. The molecular formula is C9H10ClN3O2. The Hall–Kier alpha value is -1.75. The molecule has 0 saturated carbocycles. The summed E-state index contributed by atoms with van der Waals surface area (Å²) in [5, 5.41) is 0.381. The molecule has 4 N–H and O–H groups in total. The van der Waals surface area contributed by atoms with Crippen molar-refractivity contribution in [2.24, 2.45) is 0 Å². The predicted octanol–water partition coefficient (Wildman–Crippen LogP) is 0.703. The number of nitrogens with one attached hydrogen (secondary N) is 2. The van der Waals surface area contributed by atoms with Crippen LogP contribution in [0.4, 0.5) is 5.69 Å². The minimum atomic E-state index is -0.450. The van der Waals surface area contributed by atoms with Gasteiger partial charge in [0.25, 0.3) is 5.91 Å². The third-order valence-electron chi connectivity index (χ3n) is 1.61. The largest absolute Gasteiger partial charge is 0.398 e. The molecule has 0 radical (unpaired) electrons. The minimum absolute atomic E-state index is 0.312. The summed E-state index contributed by atoms with van der Waals surface area (Å²) in [6.07, 6.45) is 0. The Balaban J connectivity index is 2.74. The van der Waals surface area contributed by atoms with Gasteiger partial charge >= 0.3 is 0 Å². The lowest BCUT2D eigenvalue weighted by molar-refractivity contribution is -0.119. The fourth-order valence-electron chi connectivity index (χ4n) is 0.902. The van der Waals surface area contributed by atoms with Crippen LogP contribution in [0.15, 0.2) is 18.2 Å². The summed E-state index contributed by atoms with van der Waals surface area (Å²) in [5.74, 6) is -0.807. The SMILES string of the molecule is CC(=O)NNC(=O)c1ccc(Cl)c(N)c1. The molecule has 80 valence electrons. The fourth-order valence-corrected chi connectivity index (χ4v) is 1.02. The van der Waals surface area contributed by atoms with Gasteiger partial charge in [0.2, 0.25) is 5.91 Å². The van der Waals surface area contributed by atoms with Crippen LogP contribution in [0.1, 0.15) is 17.3 Å². The van der Waals surface area contributed by atoms with Gasteiger partial charge in [0.05, 0.1) is 10.7 Å². The summed E-state index contributed by atoms with van der Waals surface area (Å²) in [5.41, 5.74) is 10.5. The van der Waals surface area contributed by atoms with E-state index in [2.05, 4.69) is 10.9 Å². The van der Waals surface area contributed by atoms with E-state index in [0.29, 0.717) is 16.3 Å². The van der Waals surface area contributed by atoms with Crippen LogP contribution >= 0.6 is 11.6 Å². The zero-order valence-electron chi connectivity index (χ0n) is 8.00. The molecule has 0 unspecified atom stereocenters. The van der Waals surface area contributed by atoms with Gasteiger partial charge in [-0.15, -0.1) is 0 Å². The zero-order valence-corrected chi connectivity index (χ0v) is 8.76. The quantitative estimate of drug-likeness (QED) is 0.488. The van der Waals surface area contributed by atoms with Crippen molar-refractivity contribution in [2.75, 3.05) is 5.73 Å². The number of nitrogens with two attached hydrogens (primary N) is 1. The number of halogens is 1. The maximum Gasteiger partial charge on any atom is 0.269 e. The second kappa shape index (κ2) is 4.65. The van der Waals surface area contributed by atoms with Gasteiger partial charge in [0, 0.05) is 12.5 Å². The lowest BCUT2D eigenvalue weighted by Gasteiger charge is -2.06.